The molecule has 1 heterocycles. The number of halogens is 2. The number of alkyl halides is 2. The summed E-state index contributed by atoms with van der Waals surface area (Å²) in [6, 6.07) is 1.91. The van der Waals surface area contributed by atoms with Gasteiger partial charge in [0, 0.05) is 0 Å². The molecule has 1 rings (SSSR count). The molecule has 0 bridgehead atoms. The van der Waals surface area contributed by atoms with Crippen molar-refractivity contribution in [2.24, 2.45) is 0 Å². The van der Waals surface area contributed by atoms with Gasteiger partial charge in [-0.05, 0) is 12.1 Å². The van der Waals surface area contributed by atoms with Crippen LogP contribution in [0.15, 0.2) is 12.1 Å². The Morgan fingerprint density at radius 2 is 2.08 bits per heavy atom. The van der Waals surface area contributed by atoms with Crippen molar-refractivity contribution in [2.45, 2.75) is 6.43 Å². The van der Waals surface area contributed by atoms with Crippen molar-refractivity contribution in [3.05, 3.63) is 23.5 Å². The van der Waals surface area contributed by atoms with Crippen molar-refractivity contribution in [1.82, 2.24) is 10.2 Å². The standard InChI is InChI=1S/C6H4F2N2O2/c7-5(8)3-1-2-4(6(11)12)10-9-3/h1-2,5H,(H,11,12). The van der Waals surface area contributed by atoms with Gasteiger partial charge in [-0.2, -0.15) is 0 Å². The maximum atomic E-state index is 11.8. The van der Waals surface area contributed by atoms with E-state index in [-0.39, 0.29) is 5.69 Å². The largest absolute Gasteiger partial charge is 0.476 e. The topological polar surface area (TPSA) is 63.1 Å². The van der Waals surface area contributed by atoms with Gasteiger partial charge >= 0.3 is 5.97 Å². The Morgan fingerprint density at radius 3 is 2.42 bits per heavy atom. The van der Waals surface area contributed by atoms with Gasteiger partial charge in [0.15, 0.2) is 5.69 Å². The quantitative estimate of drug-likeness (QED) is 0.729. The molecule has 1 aromatic heterocycles. The van der Waals surface area contributed by atoms with E-state index in [1.165, 1.54) is 0 Å². The molecule has 0 aliphatic carbocycles. The fourth-order valence-electron chi connectivity index (χ4n) is 0.573. The van der Waals surface area contributed by atoms with Gasteiger partial charge in [-0.1, -0.05) is 0 Å². The van der Waals surface area contributed by atoms with Gasteiger partial charge < -0.3 is 5.11 Å². The van der Waals surface area contributed by atoms with Crippen LogP contribution in [0.4, 0.5) is 8.78 Å². The Labute approximate surface area is 65.9 Å². The zero-order chi connectivity index (χ0) is 9.14. The number of hydrogen-bond acceptors (Lipinski definition) is 3. The Morgan fingerprint density at radius 1 is 1.42 bits per heavy atom. The van der Waals surface area contributed by atoms with E-state index < -0.39 is 18.1 Å². The average Bonchev–Trinajstić information content (AvgIpc) is 2.04. The lowest BCUT2D eigenvalue weighted by Gasteiger charge is -1.96. The number of carboxylic acids is 1. The maximum absolute atomic E-state index is 11.8. The van der Waals surface area contributed by atoms with Crippen molar-refractivity contribution in [3.8, 4) is 0 Å². The third kappa shape index (κ3) is 1.71. The summed E-state index contributed by atoms with van der Waals surface area (Å²) in [6.07, 6.45) is -2.72. The zero-order valence-electron chi connectivity index (χ0n) is 5.74. The van der Waals surface area contributed by atoms with Crippen LogP contribution in [0.2, 0.25) is 0 Å². The lowest BCUT2D eigenvalue weighted by Crippen LogP contribution is -2.03. The van der Waals surface area contributed by atoms with Crippen molar-refractivity contribution in [1.29, 1.82) is 0 Å². The smallest absolute Gasteiger partial charge is 0.356 e. The lowest BCUT2D eigenvalue weighted by atomic mass is 10.3. The first kappa shape index (κ1) is 8.51. The predicted octanol–water partition coefficient (Wildman–Crippen LogP) is 1.11. The molecule has 1 aromatic rings. The highest BCUT2D eigenvalue weighted by molar-refractivity contribution is 5.84. The van der Waals surface area contributed by atoms with Crippen LogP contribution in [0.3, 0.4) is 0 Å². The molecule has 1 N–H and O–H groups in total. The molecule has 0 fully saturated rings. The van der Waals surface area contributed by atoms with E-state index in [4.69, 9.17) is 5.11 Å². The molecule has 0 unspecified atom stereocenters. The number of aromatic carboxylic acids is 1. The molecule has 12 heavy (non-hydrogen) atoms. The Balaban J connectivity index is 2.93. The van der Waals surface area contributed by atoms with Crippen molar-refractivity contribution in [3.63, 3.8) is 0 Å². The molecular formula is C6H4F2N2O2. The molecule has 0 saturated carbocycles. The van der Waals surface area contributed by atoms with Gasteiger partial charge in [0.2, 0.25) is 0 Å². The Bertz CT molecular complexity index is 286. The summed E-state index contributed by atoms with van der Waals surface area (Å²) in [4.78, 5) is 10.2. The molecule has 0 aliphatic rings. The summed E-state index contributed by atoms with van der Waals surface area (Å²) < 4.78 is 23.7. The Hall–Kier alpha value is -1.59. The van der Waals surface area contributed by atoms with Gasteiger partial charge in [0.25, 0.3) is 6.43 Å². The minimum atomic E-state index is -2.72. The van der Waals surface area contributed by atoms with Crippen LogP contribution in [0, 0.1) is 0 Å². The summed E-state index contributed by atoms with van der Waals surface area (Å²) >= 11 is 0. The van der Waals surface area contributed by atoms with E-state index in [9.17, 15) is 13.6 Å². The van der Waals surface area contributed by atoms with Crippen molar-refractivity contribution >= 4 is 5.97 Å². The first-order chi connectivity index (χ1) is 5.61. The minimum Gasteiger partial charge on any atom is -0.476 e. The summed E-state index contributed by atoms with van der Waals surface area (Å²) in [5.41, 5.74) is -0.876. The predicted molar refractivity (Wildman–Crippen MR) is 33.9 cm³/mol. The number of rotatable bonds is 2. The van der Waals surface area contributed by atoms with E-state index >= 15 is 0 Å². The second-order valence-electron chi connectivity index (χ2n) is 1.95. The van der Waals surface area contributed by atoms with Crippen molar-refractivity contribution in [2.75, 3.05) is 0 Å². The molecule has 64 valence electrons. The van der Waals surface area contributed by atoms with E-state index in [2.05, 4.69) is 10.2 Å². The second kappa shape index (κ2) is 3.21. The Kier molecular flexibility index (Phi) is 2.27. The first-order valence-electron chi connectivity index (χ1n) is 2.96. The van der Waals surface area contributed by atoms with Crippen LogP contribution in [0.25, 0.3) is 0 Å². The molecule has 0 radical (unpaired) electrons. The van der Waals surface area contributed by atoms with Gasteiger partial charge in [-0.25, -0.2) is 13.6 Å². The highest BCUT2D eigenvalue weighted by Gasteiger charge is 2.11. The van der Waals surface area contributed by atoms with Crippen LogP contribution in [-0.2, 0) is 0 Å². The van der Waals surface area contributed by atoms with Gasteiger partial charge in [-0.15, -0.1) is 10.2 Å². The molecule has 0 spiro atoms. The minimum absolute atomic E-state index is 0.348. The van der Waals surface area contributed by atoms with Gasteiger partial charge in [0.1, 0.15) is 5.69 Å². The van der Waals surface area contributed by atoms with E-state index in [1.54, 1.807) is 0 Å². The highest BCUT2D eigenvalue weighted by atomic mass is 19.3. The molecule has 0 aliphatic heterocycles. The monoisotopic (exact) mass is 174 g/mol. The number of carbonyl (C=O) groups is 1. The fraction of sp³-hybridized carbons (Fsp3) is 0.167. The van der Waals surface area contributed by atoms with Gasteiger partial charge in [-0.3, -0.25) is 0 Å². The number of aromatic nitrogens is 2. The van der Waals surface area contributed by atoms with E-state index in [1.807, 2.05) is 0 Å². The van der Waals surface area contributed by atoms with Gasteiger partial charge in [0.05, 0.1) is 0 Å². The summed E-state index contributed by atoms with van der Waals surface area (Å²) in [5.74, 6) is -1.29. The first-order valence-corrected chi connectivity index (χ1v) is 2.96. The molecule has 0 saturated heterocycles. The van der Waals surface area contributed by atoms with Crippen molar-refractivity contribution < 1.29 is 18.7 Å². The number of carboxylic acid groups (broad SMARTS) is 1. The molecule has 0 amide bonds. The third-order valence-electron chi connectivity index (χ3n) is 1.13. The van der Waals surface area contributed by atoms with Crippen LogP contribution < -0.4 is 0 Å². The van der Waals surface area contributed by atoms with Crippen LogP contribution in [-0.4, -0.2) is 21.3 Å². The average molecular weight is 174 g/mol. The lowest BCUT2D eigenvalue weighted by molar-refractivity contribution is 0.0687. The van der Waals surface area contributed by atoms with E-state index in [0.29, 0.717) is 0 Å². The molecule has 0 atom stereocenters. The summed E-state index contributed by atoms with van der Waals surface area (Å²) in [6.45, 7) is 0. The summed E-state index contributed by atoms with van der Waals surface area (Å²) in [7, 11) is 0. The fourth-order valence-corrected chi connectivity index (χ4v) is 0.573. The SMILES string of the molecule is O=C(O)c1ccc(C(F)F)nn1. The normalized spacial score (nSPS) is 10.2. The maximum Gasteiger partial charge on any atom is 0.356 e. The third-order valence-corrected chi connectivity index (χ3v) is 1.13. The zero-order valence-corrected chi connectivity index (χ0v) is 5.74. The number of hydrogen-bond donors (Lipinski definition) is 1. The second-order valence-corrected chi connectivity index (χ2v) is 1.95. The molecule has 4 nitrogen and oxygen atoms in total. The molecular weight excluding hydrogens is 170 g/mol. The highest BCUT2D eigenvalue weighted by Crippen LogP contribution is 2.14. The van der Waals surface area contributed by atoms with E-state index in [0.717, 1.165) is 12.1 Å². The molecule has 0 aromatic carbocycles. The molecule has 6 heteroatoms. The summed E-state index contributed by atoms with van der Waals surface area (Å²) in [5, 5.41) is 14.4. The van der Waals surface area contributed by atoms with Crippen LogP contribution in [0.5, 0.6) is 0 Å². The van der Waals surface area contributed by atoms with Crippen LogP contribution >= 0.6 is 0 Å². The number of nitrogens with zero attached hydrogens (tertiary/aromatic N) is 2. The van der Waals surface area contributed by atoms with Crippen LogP contribution in [0.1, 0.15) is 22.6 Å².